The molecule has 1 aliphatic heterocycles. The van der Waals surface area contributed by atoms with Gasteiger partial charge < -0.3 is 26.1 Å². The molecular formula is C21H28N6. The highest BCUT2D eigenvalue weighted by Crippen LogP contribution is 2.33. The topological polar surface area (TPSA) is 84.6 Å². The SMILES string of the molecule is CN(Cc1nc2ccccn2c1CC(N)CN)c1cccc2c1NCCC2. The smallest absolute Gasteiger partial charge is 0.137 e. The number of hydrogen-bond acceptors (Lipinski definition) is 5. The predicted octanol–water partition coefficient (Wildman–Crippen LogP) is 2.16. The zero-order valence-electron chi connectivity index (χ0n) is 15.9. The van der Waals surface area contributed by atoms with E-state index in [1.165, 1.54) is 23.4 Å². The van der Waals surface area contributed by atoms with E-state index in [-0.39, 0.29) is 6.04 Å². The number of imidazole rings is 1. The van der Waals surface area contributed by atoms with Crippen molar-refractivity contribution in [2.24, 2.45) is 11.5 Å². The van der Waals surface area contributed by atoms with Crippen molar-refractivity contribution in [2.45, 2.75) is 31.8 Å². The highest BCUT2D eigenvalue weighted by atomic mass is 15.1. The van der Waals surface area contributed by atoms with Gasteiger partial charge in [0.25, 0.3) is 0 Å². The summed E-state index contributed by atoms with van der Waals surface area (Å²) in [5.74, 6) is 0. The average molecular weight is 364 g/mol. The summed E-state index contributed by atoms with van der Waals surface area (Å²) >= 11 is 0. The number of hydrogen-bond donors (Lipinski definition) is 3. The van der Waals surface area contributed by atoms with Crippen molar-refractivity contribution in [3.05, 3.63) is 59.5 Å². The summed E-state index contributed by atoms with van der Waals surface area (Å²) in [7, 11) is 2.13. The Morgan fingerprint density at radius 1 is 1.26 bits per heavy atom. The first-order valence-corrected chi connectivity index (χ1v) is 9.64. The maximum Gasteiger partial charge on any atom is 0.137 e. The second kappa shape index (κ2) is 7.58. The van der Waals surface area contributed by atoms with Crippen molar-refractivity contribution in [1.82, 2.24) is 9.38 Å². The van der Waals surface area contributed by atoms with Crippen LogP contribution in [0.5, 0.6) is 0 Å². The van der Waals surface area contributed by atoms with Crippen LogP contribution in [0.25, 0.3) is 5.65 Å². The minimum atomic E-state index is -0.0692. The van der Waals surface area contributed by atoms with Crippen LogP contribution in [0.1, 0.15) is 23.4 Å². The number of para-hydroxylation sites is 1. The molecule has 6 heteroatoms. The summed E-state index contributed by atoms with van der Waals surface area (Å²) in [6.07, 6.45) is 5.09. The van der Waals surface area contributed by atoms with Gasteiger partial charge in [-0.25, -0.2) is 4.98 Å². The molecule has 142 valence electrons. The molecule has 3 heterocycles. The number of nitrogens with zero attached hydrogens (tertiary/aromatic N) is 3. The maximum absolute atomic E-state index is 6.17. The normalized spacial score (nSPS) is 14.6. The summed E-state index contributed by atoms with van der Waals surface area (Å²) in [5, 5.41) is 3.58. The van der Waals surface area contributed by atoms with Crippen molar-refractivity contribution in [1.29, 1.82) is 0 Å². The highest BCUT2D eigenvalue weighted by Gasteiger charge is 2.19. The molecule has 4 rings (SSSR count). The second-order valence-electron chi connectivity index (χ2n) is 7.33. The van der Waals surface area contributed by atoms with Crippen LogP contribution in [0.15, 0.2) is 42.6 Å². The Bertz CT molecular complexity index is 932. The van der Waals surface area contributed by atoms with E-state index in [0.29, 0.717) is 6.54 Å². The van der Waals surface area contributed by atoms with E-state index < -0.39 is 0 Å². The Morgan fingerprint density at radius 3 is 3.00 bits per heavy atom. The Labute approximate surface area is 160 Å². The fourth-order valence-electron chi connectivity index (χ4n) is 3.89. The van der Waals surface area contributed by atoms with Gasteiger partial charge in [0.05, 0.1) is 23.6 Å². The number of fused-ring (bicyclic) bond motifs is 2. The number of aryl methyl sites for hydroxylation is 1. The van der Waals surface area contributed by atoms with Gasteiger partial charge in [0.2, 0.25) is 0 Å². The average Bonchev–Trinajstić information content (AvgIpc) is 3.04. The van der Waals surface area contributed by atoms with Crippen LogP contribution in [-0.2, 0) is 19.4 Å². The number of pyridine rings is 1. The van der Waals surface area contributed by atoms with E-state index in [0.717, 1.165) is 43.0 Å². The maximum atomic E-state index is 6.17. The van der Waals surface area contributed by atoms with Gasteiger partial charge in [-0.15, -0.1) is 0 Å². The monoisotopic (exact) mass is 364 g/mol. The van der Waals surface area contributed by atoms with Crippen LogP contribution >= 0.6 is 0 Å². The number of benzene rings is 1. The molecule has 3 aromatic rings. The fraction of sp³-hybridized carbons (Fsp3) is 0.381. The van der Waals surface area contributed by atoms with Gasteiger partial charge in [-0.05, 0) is 36.6 Å². The zero-order valence-corrected chi connectivity index (χ0v) is 15.9. The van der Waals surface area contributed by atoms with Crippen LogP contribution in [0.2, 0.25) is 0 Å². The van der Waals surface area contributed by atoms with Gasteiger partial charge in [-0.3, -0.25) is 0 Å². The van der Waals surface area contributed by atoms with Crippen molar-refractivity contribution in [3.8, 4) is 0 Å². The van der Waals surface area contributed by atoms with Crippen LogP contribution in [-0.4, -0.2) is 35.6 Å². The van der Waals surface area contributed by atoms with Gasteiger partial charge in [-0.1, -0.05) is 18.2 Å². The lowest BCUT2D eigenvalue weighted by molar-refractivity contribution is 0.657. The summed E-state index contributed by atoms with van der Waals surface area (Å²) in [5.41, 5.74) is 19.0. The molecule has 1 atom stereocenters. The standard InChI is InChI=1S/C21H28N6/c1-26(18-8-4-6-15-7-5-10-24-21(15)18)14-17-19(12-16(23)13-22)27-11-3-2-9-20(27)25-17/h2-4,6,8-9,11,16,24H,5,7,10,12-14,22-23H2,1H3. The molecule has 5 N–H and O–H groups in total. The van der Waals surface area contributed by atoms with Gasteiger partial charge in [0.15, 0.2) is 0 Å². The Morgan fingerprint density at radius 2 is 2.15 bits per heavy atom. The van der Waals surface area contributed by atoms with Crippen molar-refractivity contribution in [3.63, 3.8) is 0 Å². The van der Waals surface area contributed by atoms with E-state index in [1.807, 2.05) is 18.2 Å². The zero-order chi connectivity index (χ0) is 18.8. The first kappa shape index (κ1) is 17.8. The molecule has 0 saturated heterocycles. The van der Waals surface area contributed by atoms with Crippen molar-refractivity contribution >= 4 is 17.0 Å². The van der Waals surface area contributed by atoms with E-state index in [4.69, 9.17) is 16.5 Å². The molecule has 0 fully saturated rings. The third kappa shape index (κ3) is 3.50. The number of aromatic nitrogens is 2. The van der Waals surface area contributed by atoms with E-state index in [9.17, 15) is 0 Å². The van der Waals surface area contributed by atoms with Gasteiger partial charge in [-0.2, -0.15) is 0 Å². The van der Waals surface area contributed by atoms with E-state index in [2.05, 4.69) is 46.1 Å². The Kier molecular flexibility index (Phi) is 5.01. The lowest BCUT2D eigenvalue weighted by atomic mass is 10.0. The fourth-order valence-corrected chi connectivity index (χ4v) is 3.89. The first-order valence-electron chi connectivity index (χ1n) is 9.64. The Hall–Kier alpha value is -2.57. The molecule has 0 radical (unpaired) electrons. The van der Waals surface area contributed by atoms with Gasteiger partial charge >= 0.3 is 0 Å². The molecule has 0 bridgehead atoms. The first-order chi connectivity index (χ1) is 13.2. The summed E-state index contributed by atoms with van der Waals surface area (Å²) in [6, 6.07) is 12.5. The summed E-state index contributed by atoms with van der Waals surface area (Å²) in [6.45, 7) is 2.22. The number of nitrogens with two attached hydrogens (primary N) is 2. The molecule has 1 aromatic carbocycles. The number of nitrogens with one attached hydrogen (secondary N) is 1. The minimum Gasteiger partial charge on any atom is -0.383 e. The third-order valence-corrected chi connectivity index (χ3v) is 5.32. The molecule has 6 nitrogen and oxygen atoms in total. The van der Waals surface area contributed by atoms with Crippen LogP contribution in [0.4, 0.5) is 11.4 Å². The van der Waals surface area contributed by atoms with E-state index in [1.54, 1.807) is 0 Å². The third-order valence-electron chi connectivity index (χ3n) is 5.32. The predicted molar refractivity (Wildman–Crippen MR) is 111 cm³/mol. The lowest BCUT2D eigenvalue weighted by Crippen LogP contribution is -2.32. The second-order valence-corrected chi connectivity index (χ2v) is 7.33. The Balaban J connectivity index is 1.68. The van der Waals surface area contributed by atoms with Crippen LogP contribution in [0, 0.1) is 0 Å². The molecule has 0 saturated carbocycles. The van der Waals surface area contributed by atoms with E-state index >= 15 is 0 Å². The lowest BCUT2D eigenvalue weighted by Gasteiger charge is -2.27. The van der Waals surface area contributed by atoms with Gasteiger partial charge in [0.1, 0.15) is 5.65 Å². The molecule has 1 aliphatic rings. The molecule has 2 aromatic heterocycles. The molecule has 27 heavy (non-hydrogen) atoms. The summed E-state index contributed by atoms with van der Waals surface area (Å²) < 4.78 is 2.14. The minimum absolute atomic E-state index is 0.0692. The van der Waals surface area contributed by atoms with Crippen LogP contribution < -0.4 is 21.7 Å². The molecule has 0 spiro atoms. The largest absolute Gasteiger partial charge is 0.383 e. The van der Waals surface area contributed by atoms with Gasteiger partial charge in [0, 0.05) is 44.5 Å². The van der Waals surface area contributed by atoms with Crippen LogP contribution in [0.3, 0.4) is 0 Å². The number of rotatable bonds is 6. The molecular weight excluding hydrogens is 336 g/mol. The molecule has 1 unspecified atom stereocenters. The van der Waals surface area contributed by atoms with Crippen molar-refractivity contribution in [2.75, 3.05) is 30.4 Å². The quantitative estimate of drug-likeness (QED) is 0.624. The molecule has 0 amide bonds. The number of anilines is 2. The highest BCUT2D eigenvalue weighted by molar-refractivity contribution is 5.74. The van der Waals surface area contributed by atoms with Crippen molar-refractivity contribution < 1.29 is 0 Å². The summed E-state index contributed by atoms with van der Waals surface area (Å²) in [4.78, 5) is 7.16. The molecule has 0 aliphatic carbocycles.